The number of rotatable bonds is 6. The third kappa shape index (κ3) is 4.78. The molecule has 2 amide bonds. The molecule has 0 radical (unpaired) electrons. The van der Waals surface area contributed by atoms with Gasteiger partial charge in [-0.05, 0) is 48.0 Å². The Morgan fingerprint density at radius 2 is 1.79 bits per heavy atom. The predicted molar refractivity (Wildman–Crippen MR) is 129 cm³/mol. The number of nitrogens with zero attached hydrogens (tertiary/aromatic N) is 2. The molecule has 0 aliphatic carbocycles. The van der Waals surface area contributed by atoms with Gasteiger partial charge >= 0.3 is 0 Å². The molecular weight excluding hydrogens is 457 g/mol. The summed E-state index contributed by atoms with van der Waals surface area (Å²) in [7, 11) is 0. The van der Waals surface area contributed by atoms with Crippen molar-refractivity contribution in [1.29, 1.82) is 0 Å². The zero-order valence-electron chi connectivity index (χ0n) is 18.1. The van der Waals surface area contributed by atoms with E-state index in [-0.39, 0.29) is 24.2 Å². The van der Waals surface area contributed by atoms with Crippen LogP contribution in [0.5, 0.6) is 0 Å². The van der Waals surface area contributed by atoms with Gasteiger partial charge in [0.1, 0.15) is 5.82 Å². The minimum Gasteiger partial charge on any atom is -0.378 e. The predicted octanol–water partition coefficient (Wildman–Crippen LogP) is 3.78. The van der Waals surface area contributed by atoms with Gasteiger partial charge in [0.05, 0.1) is 28.3 Å². The number of anilines is 2. The van der Waals surface area contributed by atoms with E-state index in [9.17, 15) is 14.0 Å². The maximum atomic E-state index is 13.0. The maximum Gasteiger partial charge on any atom is 0.261 e. The monoisotopic (exact) mass is 479 g/mol. The van der Waals surface area contributed by atoms with Gasteiger partial charge in [0.15, 0.2) is 5.82 Å². The van der Waals surface area contributed by atoms with Crippen molar-refractivity contribution in [2.75, 3.05) is 36.5 Å². The molecule has 1 aliphatic rings. The molecule has 2 aromatic heterocycles. The molecule has 34 heavy (non-hydrogen) atoms. The number of halogens is 1. The van der Waals surface area contributed by atoms with Gasteiger partial charge in [-0.15, -0.1) is 11.3 Å². The number of carbonyl (C=O) groups is 2. The lowest BCUT2D eigenvalue weighted by molar-refractivity contribution is 0.0954. The highest BCUT2D eigenvalue weighted by Crippen LogP contribution is 2.30. The molecular formula is C24H22FN5O3S. The van der Waals surface area contributed by atoms with Crippen LogP contribution in [0.1, 0.15) is 25.6 Å². The molecule has 3 heterocycles. The fourth-order valence-corrected chi connectivity index (χ4v) is 4.68. The number of morpholine rings is 1. The van der Waals surface area contributed by atoms with Gasteiger partial charge in [-0.3, -0.25) is 14.7 Å². The van der Waals surface area contributed by atoms with Crippen LogP contribution in [0.15, 0.2) is 54.6 Å². The first-order valence-electron chi connectivity index (χ1n) is 10.8. The standard InChI is InChI=1S/C24H22FN5O3S/c25-17-5-1-15(2-6-17)14-26-24(32)20-13-19-21(34-20)22(29-28-19)27-23(31)16-3-7-18(8-4-16)30-9-11-33-12-10-30/h1-8,13H,9-12,14H2,(H,26,32)(H2,27,28,29,31). The average Bonchev–Trinajstić information content (AvgIpc) is 3.46. The largest absolute Gasteiger partial charge is 0.378 e. The summed E-state index contributed by atoms with van der Waals surface area (Å²) in [4.78, 5) is 28.0. The van der Waals surface area contributed by atoms with Crippen molar-refractivity contribution in [2.24, 2.45) is 0 Å². The molecule has 8 nitrogen and oxygen atoms in total. The normalized spacial score (nSPS) is 13.7. The first-order chi connectivity index (χ1) is 16.6. The Morgan fingerprint density at radius 3 is 2.53 bits per heavy atom. The summed E-state index contributed by atoms with van der Waals surface area (Å²) >= 11 is 1.24. The van der Waals surface area contributed by atoms with Crippen LogP contribution in [0.2, 0.25) is 0 Å². The first-order valence-corrected chi connectivity index (χ1v) is 11.6. The Kier molecular flexibility index (Phi) is 6.24. The molecule has 174 valence electrons. The average molecular weight is 480 g/mol. The van der Waals surface area contributed by atoms with E-state index in [2.05, 4.69) is 25.7 Å². The van der Waals surface area contributed by atoms with E-state index < -0.39 is 0 Å². The van der Waals surface area contributed by atoms with Gasteiger partial charge in [0, 0.05) is 30.9 Å². The highest BCUT2D eigenvalue weighted by molar-refractivity contribution is 7.21. The summed E-state index contributed by atoms with van der Waals surface area (Å²) in [6.07, 6.45) is 0. The van der Waals surface area contributed by atoms with Crippen LogP contribution < -0.4 is 15.5 Å². The summed E-state index contributed by atoms with van der Waals surface area (Å²) in [6, 6.07) is 15.1. The lowest BCUT2D eigenvalue weighted by atomic mass is 10.1. The molecule has 1 fully saturated rings. The van der Waals surface area contributed by atoms with Crippen LogP contribution in [0.25, 0.3) is 10.2 Å². The molecule has 0 atom stereocenters. The lowest BCUT2D eigenvalue weighted by Gasteiger charge is -2.28. The van der Waals surface area contributed by atoms with E-state index >= 15 is 0 Å². The molecule has 0 spiro atoms. The van der Waals surface area contributed by atoms with Gasteiger partial charge < -0.3 is 20.3 Å². The quantitative estimate of drug-likeness (QED) is 0.391. The number of fused-ring (bicyclic) bond motifs is 1. The second-order valence-corrected chi connectivity index (χ2v) is 8.89. The zero-order chi connectivity index (χ0) is 23.5. The van der Waals surface area contributed by atoms with E-state index in [4.69, 9.17) is 4.74 Å². The molecule has 0 saturated carbocycles. The Balaban J connectivity index is 1.24. The highest BCUT2D eigenvalue weighted by Gasteiger charge is 2.18. The third-order valence-corrected chi connectivity index (χ3v) is 6.70. The molecule has 1 aliphatic heterocycles. The van der Waals surface area contributed by atoms with E-state index in [0.29, 0.717) is 39.7 Å². The Labute approximate surface area is 198 Å². The maximum absolute atomic E-state index is 13.0. The third-order valence-electron chi connectivity index (χ3n) is 5.56. The minimum absolute atomic E-state index is 0.255. The fourth-order valence-electron chi connectivity index (χ4n) is 3.71. The molecule has 0 unspecified atom stereocenters. The van der Waals surface area contributed by atoms with Gasteiger partial charge in [-0.25, -0.2) is 4.39 Å². The van der Waals surface area contributed by atoms with Crippen molar-refractivity contribution in [1.82, 2.24) is 15.5 Å². The van der Waals surface area contributed by atoms with Crippen LogP contribution in [-0.2, 0) is 11.3 Å². The Bertz CT molecular complexity index is 1310. The highest BCUT2D eigenvalue weighted by atomic mass is 32.1. The van der Waals surface area contributed by atoms with Crippen molar-refractivity contribution >= 4 is 44.9 Å². The van der Waals surface area contributed by atoms with Gasteiger partial charge in [0.25, 0.3) is 11.8 Å². The van der Waals surface area contributed by atoms with E-state index in [1.54, 1.807) is 30.3 Å². The number of carbonyl (C=O) groups excluding carboxylic acids is 2. The number of ether oxygens (including phenoxy) is 1. The number of benzene rings is 2. The second-order valence-electron chi connectivity index (χ2n) is 7.84. The summed E-state index contributed by atoms with van der Waals surface area (Å²) < 4.78 is 19.1. The van der Waals surface area contributed by atoms with Crippen LogP contribution in [-0.4, -0.2) is 48.3 Å². The number of aromatic amines is 1. The van der Waals surface area contributed by atoms with Crippen molar-refractivity contribution in [3.8, 4) is 0 Å². The Hall–Kier alpha value is -3.76. The van der Waals surface area contributed by atoms with Gasteiger partial charge in [-0.1, -0.05) is 12.1 Å². The molecule has 2 aromatic carbocycles. The summed E-state index contributed by atoms with van der Waals surface area (Å²) in [5.74, 6) is -0.481. The topological polar surface area (TPSA) is 99.3 Å². The Morgan fingerprint density at radius 1 is 1.06 bits per heavy atom. The van der Waals surface area contributed by atoms with Crippen LogP contribution in [0.4, 0.5) is 15.9 Å². The van der Waals surface area contributed by atoms with Gasteiger partial charge in [0.2, 0.25) is 0 Å². The van der Waals surface area contributed by atoms with E-state index in [1.807, 2.05) is 12.1 Å². The minimum atomic E-state index is -0.322. The SMILES string of the molecule is O=C(Nc1n[nH]c2cc(C(=O)NCc3ccc(F)cc3)sc12)c1ccc(N2CCOCC2)cc1. The van der Waals surface area contributed by atoms with E-state index in [1.165, 1.54) is 23.5 Å². The lowest BCUT2D eigenvalue weighted by Crippen LogP contribution is -2.36. The molecule has 10 heteroatoms. The summed E-state index contributed by atoms with van der Waals surface area (Å²) in [5.41, 5.74) is 3.03. The fraction of sp³-hybridized carbons (Fsp3) is 0.208. The zero-order valence-corrected chi connectivity index (χ0v) is 19.0. The summed E-state index contributed by atoms with van der Waals surface area (Å²) in [5, 5.41) is 12.7. The molecule has 4 aromatic rings. The van der Waals surface area contributed by atoms with E-state index in [0.717, 1.165) is 24.3 Å². The van der Waals surface area contributed by atoms with Crippen LogP contribution in [0.3, 0.4) is 0 Å². The van der Waals surface area contributed by atoms with Crippen molar-refractivity contribution in [2.45, 2.75) is 6.54 Å². The molecule has 0 bridgehead atoms. The van der Waals surface area contributed by atoms with Crippen LogP contribution in [0, 0.1) is 5.82 Å². The number of hydrogen-bond donors (Lipinski definition) is 3. The van der Waals surface area contributed by atoms with Crippen molar-refractivity contribution in [3.63, 3.8) is 0 Å². The number of aromatic nitrogens is 2. The number of nitrogens with one attached hydrogen (secondary N) is 3. The number of hydrogen-bond acceptors (Lipinski definition) is 6. The number of thiophene rings is 1. The van der Waals surface area contributed by atoms with Gasteiger partial charge in [-0.2, -0.15) is 5.10 Å². The number of H-pyrrole nitrogens is 1. The van der Waals surface area contributed by atoms with Crippen LogP contribution >= 0.6 is 11.3 Å². The number of amides is 2. The second kappa shape index (κ2) is 9.62. The van der Waals surface area contributed by atoms with Crippen molar-refractivity contribution < 1.29 is 18.7 Å². The summed E-state index contributed by atoms with van der Waals surface area (Å²) in [6.45, 7) is 3.34. The molecule has 1 saturated heterocycles. The molecule has 5 rings (SSSR count). The van der Waals surface area contributed by atoms with Crippen molar-refractivity contribution in [3.05, 3.63) is 76.4 Å². The first kappa shape index (κ1) is 22.1. The molecule has 3 N–H and O–H groups in total. The smallest absolute Gasteiger partial charge is 0.261 e.